The van der Waals surface area contributed by atoms with Gasteiger partial charge in [-0.15, -0.1) is 0 Å². The number of para-hydroxylation sites is 2. The van der Waals surface area contributed by atoms with E-state index in [-0.39, 0.29) is 0 Å². The Labute approximate surface area is 272 Å². The molecule has 220 valence electrons. The molecule has 0 atom stereocenters. The fourth-order valence-electron chi connectivity index (χ4n) is 6.53. The normalized spacial score (nSPS) is 11.4. The zero-order chi connectivity index (χ0) is 31.2. The third-order valence-corrected chi connectivity index (χ3v) is 8.88. The average Bonchev–Trinajstić information content (AvgIpc) is 3.49. The van der Waals surface area contributed by atoms with E-state index in [0.717, 1.165) is 45.0 Å². The molecule has 0 saturated heterocycles. The molecule has 0 N–H and O–H groups in total. The maximum Gasteiger partial charge on any atom is 0.160 e. The average molecular weight is 601 g/mol. The molecule has 4 nitrogen and oxygen atoms in total. The first kappa shape index (κ1) is 27.0. The number of pyridine rings is 1. The van der Waals surface area contributed by atoms with Crippen molar-refractivity contribution in [3.63, 3.8) is 0 Å². The Balaban J connectivity index is 1.16. The van der Waals surface area contributed by atoms with Gasteiger partial charge in [-0.3, -0.25) is 4.98 Å². The minimum Gasteiger partial charge on any atom is -0.309 e. The van der Waals surface area contributed by atoms with Crippen LogP contribution < -0.4 is 0 Å². The van der Waals surface area contributed by atoms with E-state index in [9.17, 15) is 0 Å². The van der Waals surface area contributed by atoms with E-state index in [4.69, 9.17) is 9.97 Å². The van der Waals surface area contributed by atoms with Crippen molar-refractivity contribution in [2.24, 2.45) is 0 Å². The summed E-state index contributed by atoms with van der Waals surface area (Å²) in [5.74, 6) is 0.685. The highest BCUT2D eigenvalue weighted by atomic mass is 15.0. The lowest BCUT2D eigenvalue weighted by Crippen LogP contribution is -1.97. The molecule has 0 amide bonds. The van der Waals surface area contributed by atoms with E-state index in [1.54, 1.807) is 0 Å². The van der Waals surface area contributed by atoms with Crippen LogP contribution >= 0.6 is 0 Å². The number of rotatable bonds is 5. The van der Waals surface area contributed by atoms with Crippen molar-refractivity contribution < 1.29 is 0 Å². The van der Waals surface area contributed by atoms with Gasteiger partial charge in [0.15, 0.2) is 5.82 Å². The summed E-state index contributed by atoms with van der Waals surface area (Å²) in [6.07, 6.45) is 1.82. The summed E-state index contributed by atoms with van der Waals surface area (Å²) in [6, 6.07) is 57.2. The monoisotopic (exact) mass is 600 g/mol. The minimum absolute atomic E-state index is 0.685. The topological polar surface area (TPSA) is 43.6 Å². The lowest BCUT2D eigenvalue weighted by atomic mass is 10.0. The molecular weight excluding hydrogens is 573 g/mol. The maximum atomic E-state index is 5.12. The molecule has 0 fully saturated rings. The first-order chi connectivity index (χ1) is 23.3. The van der Waals surface area contributed by atoms with E-state index in [0.29, 0.717) is 5.82 Å². The van der Waals surface area contributed by atoms with Gasteiger partial charge < -0.3 is 4.57 Å². The van der Waals surface area contributed by atoms with Crippen LogP contribution in [0.15, 0.2) is 170 Å². The van der Waals surface area contributed by atoms with Gasteiger partial charge in [0.2, 0.25) is 0 Å². The predicted molar refractivity (Wildman–Crippen MR) is 193 cm³/mol. The van der Waals surface area contributed by atoms with E-state index in [2.05, 4.69) is 155 Å². The highest BCUT2D eigenvalue weighted by Crippen LogP contribution is 2.34. The van der Waals surface area contributed by atoms with Crippen LogP contribution in [-0.2, 0) is 0 Å². The Hall–Kier alpha value is -6.39. The fraction of sp³-hybridized carbons (Fsp3) is 0. The highest BCUT2D eigenvalue weighted by molar-refractivity contribution is 6.09. The molecule has 0 bridgehead atoms. The van der Waals surface area contributed by atoms with Crippen LogP contribution in [0.4, 0.5) is 0 Å². The molecule has 3 heterocycles. The van der Waals surface area contributed by atoms with Gasteiger partial charge in [-0.1, -0.05) is 115 Å². The molecule has 0 aliphatic carbocycles. The van der Waals surface area contributed by atoms with Crippen molar-refractivity contribution in [2.45, 2.75) is 0 Å². The molecule has 0 saturated carbocycles. The van der Waals surface area contributed by atoms with Gasteiger partial charge in [-0.25, -0.2) is 9.97 Å². The van der Waals surface area contributed by atoms with Crippen molar-refractivity contribution in [2.75, 3.05) is 0 Å². The van der Waals surface area contributed by atoms with E-state index in [1.165, 1.54) is 32.6 Å². The van der Waals surface area contributed by atoms with Gasteiger partial charge in [-0.2, -0.15) is 0 Å². The number of nitrogens with zero attached hydrogens (tertiary/aromatic N) is 4. The lowest BCUT2D eigenvalue weighted by molar-refractivity contribution is 1.17. The minimum atomic E-state index is 0.685. The zero-order valence-corrected chi connectivity index (χ0v) is 25.5. The lowest BCUT2D eigenvalue weighted by Gasteiger charge is -2.12. The third-order valence-electron chi connectivity index (χ3n) is 8.88. The molecule has 3 aromatic heterocycles. The largest absolute Gasteiger partial charge is 0.309 e. The van der Waals surface area contributed by atoms with Gasteiger partial charge in [0.05, 0.1) is 28.1 Å². The van der Waals surface area contributed by atoms with Crippen molar-refractivity contribution in [1.29, 1.82) is 0 Å². The first-order valence-corrected chi connectivity index (χ1v) is 15.8. The van der Waals surface area contributed by atoms with Crippen molar-refractivity contribution in [3.8, 4) is 50.8 Å². The highest BCUT2D eigenvalue weighted by Gasteiger charge is 2.14. The Morgan fingerprint density at radius 1 is 0.383 bits per heavy atom. The van der Waals surface area contributed by atoms with E-state index < -0.39 is 0 Å². The molecular formula is C43H28N4. The standard InChI is InChI=1S/C43H28N4/c1-2-10-33-27-34(21-16-29(33)9-1)40-28-39(45-43(46-40)32-19-17-30(18-20-32)38-13-7-8-26-44-38)31-22-24-35(25-23-31)47-41-14-5-3-11-36(41)37-12-4-6-15-42(37)47/h1-28H. The second-order valence-corrected chi connectivity index (χ2v) is 11.7. The van der Waals surface area contributed by atoms with Gasteiger partial charge in [0.1, 0.15) is 0 Å². The van der Waals surface area contributed by atoms with Gasteiger partial charge in [0, 0.05) is 44.9 Å². The summed E-state index contributed by atoms with van der Waals surface area (Å²) in [7, 11) is 0. The SMILES string of the molecule is c1ccc(-c2ccc(-c3nc(-c4ccc(-n5c6ccccc6c6ccccc65)cc4)cc(-c4ccc5ccccc5c4)n3)cc2)nc1. The molecule has 0 radical (unpaired) electrons. The van der Waals surface area contributed by atoms with Gasteiger partial charge in [-0.05, 0) is 59.3 Å². The number of benzene rings is 6. The molecule has 9 aromatic rings. The second kappa shape index (κ2) is 11.2. The van der Waals surface area contributed by atoms with Crippen LogP contribution in [0.25, 0.3) is 83.4 Å². The molecule has 0 spiro atoms. The van der Waals surface area contributed by atoms with Crippen molar-refractivity contribution in [1.82, 2.24) is 19.5 Å². The number of fused-ring (bicyclic) bond motifs is 4. The summed E-state index contributed by atoms with van der Waals surface area (Å²) in [5.41, 5.74) is 10.3. The Bertz CT molecular complexity index is 2500. The molecule has 0 aliphatic heterocycles. The molecule has 6 aromatic carbocycles. The van der Waals surface area contributed by atoms with Crippen LogP contribution in [0.2, 0.25) is 0 Å². The van der Waals surface area contributed by atoms with Crippen molar-refractivity contribution in [3.05, 3.63) is 170 Å². The maximum absolute atomic E-state index is 5.12. The summed E-state index contributed by atoms with van der Waals surface area (Å²) in [6.45, 7) is 0. The van der Waals surface area contributed by atoms with Crippen molar-refractivity contribution >= 4 is 32.6 Å². The zero-order valence-electron chi connectivity index (χ0n) is 25.5. The summed E-state index contributed by atoms with van der Waals surface area (Å²) in [4.78, 5) is 14.7. The molecule has 4 heteroatoms. The second-order valence-electron chi connectivity index (χ2n) is 11.7. The number of aromatic nitrogens is 4. The first-order valence-electron chi connectivity index (χ1n) is 15.8. The Morgan fingerprint density at radius 3 is 1.64 bits per heavy atom. The molecule has 0 aliphatic rings. The molecule has 0 unspecified atom stereocenters. The van der Waals surface area contributed by atoms with Gasteiger partial charge >= 0.3 is 0 Å². The summed E-state index contributed by atoms with van der Waals surface area (Å²) >= 11 is 0. The van der Waals surface area contributed by atoms with E-state index >= 15 is 0 Å². The Morgan fingerprint density at radius 2 is 0.936 bits per heavy atom. The number of hydrogen-bond donors (Lipinski definition) is 0. The van der Waals surface area contributed by atoms with Crippen LogP contribution in [0.1, 0.15) is 0 Å². The summed E-state index contributed by atoms with van der Waals surface area (Å²) in [5, 5.41) is 4.89. The fourth-order valence-corrected chi connectivity index (χ4v) is 6.53. The number of hydrogen-bond acceptors (Lipinski definition) is 3. The van der Waals surface area contributed by atoms with Crippen LogP contribution in [0.5, 0.6) is 0 Å². The Kier molecular flexibility index (Phi) is 6.43. The van der Waals surface area contributed by atoms with Crippen LogP contribution in [0.3, 0.4) is 0 Å². The molecule has 47 heavy (non-hydrogen) atoms. The predicted octanol–water partition coefficient (Wildman–Crippen LogP) is 10.8. The quantitative estimate of drug-likeness (QED) is 0.197. The smallest absolute Gasteiger partial charge is 0.160 e. The van der Waals surface area contributed by atoms with Crippen LogP contribution in [-0.4, -0.2) is 19.5 Å². The summed E-state index contributed by atoms with van der Waals surface area (Å²) < 4.78 is 2.34. The van der Waals surface area contributed by atoms with Gasteiger partial charge in [0.25, 0.3) is 0 Å². The van der Waals surface area contributed by atoms with Crippen LogP contribution in [0, 0.1) is 0 Å². The van der Waals surface area contributed by atoms with E-state index in [1.807, 2.05) is 24.4 Å². The molecule has 9 rings (SSSR count). The third kappa shape index (κ3) is 4.84.